The van der Waals surface area contributed by atoms with Crippen molar-refractivity contribution in [3.8, 4) is 11.5 Å². The number of aliphatic imine (C=N–C) groups is 1. The molecule has 7 heteroatoms. The Kier molecular flexibility index (Phi) is 6.36. The molecule has 0 unspecified atom stereocenters. The standard InChI is InChI=1S/C17H22N4O3/c1-12-4-6-13(7-5-12)16-21-14(11-24-16)10-20-17(18-2)19-9-8-15(22)23-3/h4-7,11H,8-10H2,1-3H3,(H2,18,19,20). The number of ether oxygens (including phenoxy) is 1. The van der Waals surface area contributed by atoms with Crippen LogP contribution in [0.2, 0.25) is 0 Å². The summed E-state index contributed by atoms with van der Waals surface area (Å²) in [5.41, 5.74) is 2.89. The number of carbonyl (C=O) groups is 1. The summed E-state index contributed by atoms with van der Waals surface area (Å²) in [6.45, 7) is 2.94. The molecule has 0 bridgehead atoms. The second-order valence-electron chi connectivity index (χ2n) is 5.19. The zero-order valence-electron chi connectivity index (χ0n) is 14.1. The Morgan fingerprint density at radius 3 is 2.71 bits per heavy atom. The molecule has 0 saturated carbocycles. The number of aromatic nitrogens is 1. The van der Waals surface area contributed by atoms with E-state index in [4.69, 9.17) is 4.42 Å². The zero-order valence-corrected chi connectivity index (χ0v) is 14.1. The highest BCUT2D eigenvalue weighted by Crippen LogP contribution is 2.18. The van der Waals surface area contributed by atoms with Crippen LogP contribution < -0.4 is 10.6 Å². The number of guanidine groups is 1. The van der Waals surface area contributed by atoms with E-state index in [9.17, 15) is 4.79 Å². The minimum absolute atomic E-state index is 0.266. The van der Waals surface area contributed by atoms with Crippen LogP contribution in [0.15, 0.2) is 39.9 Å². The van der Waals surface area contributed by atoms with Crippen molar-refractivity contribution >= 4 is 11.9 Å². The molecule has 0 saturated heterocycles. The van der Waals surface area contributed by atoms with E-state index in [0.29, 0.717) is 24.9 Å². The number of rotatable bonds is 6. The molecule has 128 valence electrons. The van der Waals surface area contributed by atoms with Gasteiger partial charge in [-0.05, 0) is 19.1 Å². The molecule has 7 nitrogen and oxygen atoms in total. The Morgan fingerprint density at radius 2 is 2.04 bits per heavy atom. The van der Waals surface area contributed by atoms with Crippen LogP contribution in [0.4, 0.5) is 0 Å². The van der Waals surface area contributed by atoms with Crippen LogP contribution in [-0.4, -0.2) is 37.6 Å². The van der Waals surface area contributed by atoms with Crippen molar-refractivity contribution in [2.75, 3.05) is 20.7 Å². The summed E-state index contributed by atoms with van der Waals surface area (Å²) in [5.74, 6) is 0.899. The molecule has 1 aromatic heterocycles. The van der Waals surface area contributed by atoms with Crippen LogP contribution in [0.1, 0.15) is 17.7 Å². The Hall–Kier alpha value is -2.83. The molecule has 1 aromatic carbocycles. The van der Waals surface area contributed by atoms with Gasteiger partial charge >= 0.3 is 5.97 Å². The predicted octanol–water partition coefficient (Wildman–Crippen LogP) is 1.88. The normalized spacial score (nSPS) is 11.2. The molecule has 0 radical (unpaired) electrons. The van der Waals surface area contributed by atoms with Gasteiger partial charge < -0.3 is 19.8 Å². The molecule has 1 heterocycles. The van der Waals surface area contributed by atoms with E-state index >= 15 is 0 Å². The number of carbonyl (C=O) groups excluding carboxylic acids is 1. The van der Waals surface area contributed by atoms with E-state index in [1.807, 2.05) is 31.2 Å². The summed E-state index contributed by atoms with van der Waals surface area (Å²) in [4.78, 5) is 19.6. The van der Waals surface area contributed by atoms with E-state index in [0.717, 1.165) is 11.3 Å². The second-order valence-corrected chi connectivity index (χ2v) is 5.19. The van der Waals surface area contributed by atoms with Gasteiger partial charge in [-0.3, -0.25) is 9.79 Å². The maximum absolute atomic E-state index is 11.1. The molecule has 0 aliphatic heterocycles. The number of hydrogen-bond acceptors (Lipinski definition) is 5. The number of oxazole rings is 1. The van der Waals surface area contributed by atoms with E-state index in [2.05, 4.69) is 25.3 Å². The molecular formula is C17H22N4O3. The van der Waals surface area contributed by atoms with Crippen LogP contribution in [0.3, 0.4) is 0 Å². The van der Waals surface area contributed by atoms with E-state index in [1.165, 1.54) is 12.7 Å². The summed E-state index contributed by atoms with van der Waals surface area (Å²) < 4.78 is 10.1. The Labute approximate surface area is 141 Å². The van der Waals surface area contributed by atoms with Gasteiger partial charge in [0, 0.05) is 19.2 Å². The average Bonchev–Trinajstić information content (AvgIpc) is 3.07. The Balaban J connectivity index is 1.85. The highest BCUT2D eigenvalue weighted by atomic mass is 16.5. The number of hydrogen-bond donors (Lipinski definition) is 2. The van der Waals surface area contributed by atoms with Crippen molar-refractivity contribution in [2.45, 2.75) is 19.9 Å². The summed E-state index contributed by atoms with van der Waals surface area (Å²) in [6.07, 6.45) is 1.89. The first-order chi connectivity index (χ1) is 11.6. The van der Waals surface area contributed by atoms with Gasteiger partial charge in [-0.15, -0.1) is 0 Å². The molecule has 0 atom stereocenters. The predicted molar refractivity (Wildman–Crippen MR) is 91.5 cm³/mol. The molecule has 2 aromatic rings. The zero-order chi connectivity index (χ0) is 17.4. The number of aryl methyl sites for hydroxylation is 1. The molecule has 0 amide bonds. The van der Waals surface area contributed by atoms with Gasteiger partial charge in [-0.25, -0.2) is 4.98 Å². The van der Waals surface area contributed by atoms with Gasteiger partial charge in [0.15, 0.2) is 5.96 Å². The third kappa shape index (κ3) is 5.12. The molecule has 2 rings (SSSR count). The lowest BCUT2D eigenvalue weighted by atomic mass is 10.1. The fourth-order valence-corrected chi connectivity index (χ4v) is 2.00. The monoisotopic (exact) mass is 330 g/mol. The van der Waals surface area contributed by atoms with Gasteiger partial charge in [0.1, 0.15) is 6.26 Å². The van der Waals surface area contributed by atoms with E-state index in [1.54, 1.807) is 13.3 Å². The maximum Gasteiger partial charge on any atom is 0.307 e. The van der Waals surface area contributed by atoms with Crippen LogP contribution in [0.25, 0.3) is 11.5 Å². The summed E-state index contributed by atoms with van der Waals surface area (Å²) in [7, 11) is 3.03. The molecular weight excluding hydrogens is 308 g/mol. The fourth-order valence-electron chi connectivity index (χ4n) is 2.00. The summed E-state index contributed by atoms with van der Waals surface area (Å²) in [6, 6.07) is 7.99. The molecule has 0 fully saturated rings. The minimum Gasteiger partial charge on any atom is -0.469 e. The lowest BCUT2D eigenvalue weighted by Gasteiger charge is -2.09. The van der Waals surface area contributed by atoms with Crippen molar-refractivity contribution in [1.29, 1.82) is 0 Å². The SMILES string of the molecule is CN=C(NCCC(=O)OC)NCc1coc(-c2ccc(C)cc2)n1. The van der Waals surface area contributed by atoms with Crippen molar-refractivity contribution < 1.29 is 13.9 Å². The maximum atomic E-state index is 11.1. The Morgan fingerprint density at radius 1 is 1.29 bits per heavy atom. The third-order valence-corrected chi connectivity index (χ3v) is 3.36. The van der Waals surface area contributed by atoms with E-state index in [-0.39, 0.29) is 12.4 Å². The van der Waals surface area contributed by atoms with Crippen LogP contribution in [0.5, 0.6) is 0 Å². The number of nitrogens with zero attached hydrogens (tertiary/aromatic N) is 2. The lowest BCUT2D eigenvalue weighted by molar-refractivity contribution is -0.140. The van der Waals surface area contributed by atoms with Crippen LogP contribution >= 0.6 is 0 Å². The van der Waals surface area contributed by atoms with Gasteiger partial charge in [0.2, 0.25) is 5.89 Å². The second kappa shape index (κ2) is 8.71. The summed E-state index contributed by atoms with van der Waals surface area (Å²) in [5, 5.41) is 6.14. The summed E-state index contributed by atoms with van der Waals surface area (Å²) >= 11 is 0. The third-order valence-electron chi connectivity index (χ3n) is 3.36. The fraction of sp³-hybridized carbons (Fsp3) is 0.353. The van der Waals surface area contributed by atoms with Crippen molar-refractivity contribution in [3.05, 3.63) is 41.8 Å². The highest BCUT2D eigenvalue weighted by Gasteiger charge is 2.07. The van der Waals surface area contributed by atoms with Gasteiger partial charge in [-0.2, -0.15) is 0 Å². The molecule has 0 aliphatic carbocycles. The Bertz CT molecular complexity index is 692. The van der Waals surface area contributed by atoms with E-state index < -0.39 is 0 Å². The number of methoxy groups -OCH3 is 1. The molecule has 0 aliphatic rings. The van der Waals surface area contributed by atoms with Crippen LogP contribution in [0, 0.1) is 6.92 Å². The number of esters is 1. The topological polar surface area (TPSA) is 88.8 Å². The number of benzene rings is 1. The minimum atomic E-state index is -0.266. The first-order valence-electron chi connectivity index (χ1n) is 7.65. The van der Waals surface area contributed by atoms with Crippen molar-refractivity contribution in [2.24, 2.45) is 4.99 Å². The van der Waals surface area contributed by atoms with Crippen molar-refractivity contribution in [3.63, 3.8) is 0 Å². The number of nitrogens with one attached hydrogen (secondary N) is 2. The van der Waals surface area contributed by atoms with Gasteiger partial charge in [0.05, 0.1) is 25.8 Å². The average molecular weight is 330 g/mol. The first kappa shape index (κ1) is 17.5. The van der Waals surface area contributed by atoms with Gasteiger partial charge in [0.25, 0.3) is 0 Å². The highest BCUT2D eigenvalue weighted by molar-refractivity contribution is 5.80. The molecule has 0 spiro atoms. The largest absolute Gasteiger partial charge is 0.469 e. The van der Waals surface area contributed by atoms with Crippen molar-refractivity contribution in [1.82, 2.24) is 15.6 Å². The van der Waals surface area contributed by atoms with Gasteiger partial charge in [-0.1, -0.05) is 17.7 Å². The smallest absolute Gasteiger partial charge is 0.307 e. The van der Waals surface area contributed by atoms with Crippen LogP contribution in [-0.2, 0) is 16.1 Å². The quantitative estimate of drug-likeness (QED) is 0.478. The lowest BCUT2D eigenvalue weighted by Crippen LogP contribution is -2.38. The first-order valence-corrected chi connectivity index (χ1v) is 7.65. The molecule has 2 N–H and O–H groups in total. The molecule has 24 heavy (non-hydrogen) atoms.